The molecule has 1 aliphatic rings. The molecular weight excluding hydrogens is 613 g/mol. The largest absolute Gasteiger partial charge is 0.308 e. The third kappa shape index (κ3) is 4.61. The summed E-state index contributed by atoms with van der Waals surface area (Å²) in [6, 6.07) is 53.0. The first kappa shape index (κ1) is 29.6. The molecule has 1 aliphatic heterocycles. The number of fused-ring (bicyclic) bond motifs is 4. The number of carbonyl (C=O) groups excluding carboxylic acids is 2. The lowest BCUT2D eigenvalue weighted by Crippen LogP contribution is -2.30. The predicted molar refractivity (Wildman–Crippen MR) is 204 cm³/mol. The highest BCUT2D eigenvalue weighted by Gasteiger charge is 2.40. The summed E-state index contributed by atoms with van der Waals surface area (Å²) in [7, 11) is 0. The molecule has 8 aromatic rings. The fourth-order valence-corrected chi connectivity index (χ4v) is 7.72. The van der Waals surface area contributed by atoms with Crippen LogP contribution in [0.3, 0.4) is 0 Å². The van der Waals surface area contributed by atoms with Crippen LogP contribution < -0.4 is 4.90 Å². The molecule has 2 heterocycles. The van der Waals surface area contributed by atoms with Crippen LogP contribution in [0.5, 0.6) is 0 Å². The third-order valence-electron chi connectivity index (χ3n) is 9.79. The van der Waals surface area contributed by atoms with Gasteiger partial charge in [-0.2, -0.15) is 0 Å². The van der Waals surface area contributed by atoms with Gasteiger partial charge in [-0.3, -0.25) is 9.59 Å². The zero-order valence-corrected chi connectivity index (χ0v) is 27.7. The molecule has 0 fully saturated rings. The first-order valence-corrected chi connectivity index (χ1v) is 16.9. The topological polar surface area (TPSA) is 42.3 Å². The van der Waals surface area contributed by atoms with Crippen LogP contribution in [0.2, 0.25) is 0 Å². The van der Waals surface area contributed by atoms with Crippen molar-refractivity contribution in [2.75, 3.05) is 4.90 Å². The van der Waals surface area contributed by atoms with E-state index >= 15 is 0 Å². The molecule has 0 saturated carbocycles. The molecule has 4 nitrogen and oxygen atoms in total. The van der Waals surface area contributed by atoms with Gasteiger partial charge in [0.25, 0.3) is 11.8 Å². The van der Waals surface area contributed by atoms with Gasteiger partial charge in [0, 0.05) is 16.3 Å². The average Bonchev–Trinajstić information content (AvgIpc) is 3.61. The van der Waals surface area contributed by atoms with Crippen molar-refractivity contribution < 1.29 is 9.59 Å². The monoisotopic (exact) mass is 644 g/mol. The molecule has 0 atom stereocenters. The number of hydrogen-bond donors (Lipinski definition) is 0. The van der Waals surface area contributed by atoms with Gasteiger partial charge in [0.2, 0.25) is 0 Å². The van der Waals surface area contributed by atoms with E-state index in [2.05, 4.69) is 85.1 Å². The number of anilines is 1. The van der Waals surface area contributed by atoms with E-state index < -0.39 is 0 Å². The summed E-state index contributed by atoms with van der Waals surface area (Å²) in [5, 5.41) is 2.17. The lowest BCUT2D eigenvalue weighted by Gasteiger charge is -2.22. The van der Waals surface area contributed by atoms with E-state index in [0.717, 1.165) is 49.6 Å². The van der Waals surface area contributed by atoms with Crippen LogP contribution in [-0.2, 0) is 0 Å². The molecule has 0 saturated heterocycles. The van der Waals surface area contributed by atoms with Gasteiger partial charge in [0.05, 0.1) is 33.5 Å². The molecule has 9 rings (SSSR count). The molecule has 0 radical (unpaired) electrons. The Morgan fingerprint density at radius 2 is 1.02 bits per heavy atom. The predicted octanol–water partition coefficient (Wildman–Crippen LogP) is 11.2. The molecule has 50 heavy (non-hydrogen) atoms. The summed E-state index contributed by atoms with van der Waals surface area (Å²) < 4.78 is 2.14. The van der Waals surface area contributed by atoms with Crippen molar-refractivity contribution in [2.24, 2.45) is 0 Å². The second-order valence-electron chi connectivity index (χ2n) is 13.0. The van der Waals surface area contributed by atoms with E-state index in [0.29, 0.717) is 22.5 Å². The molecule has 7 aromatic carbocycles. The number of aromatic nitrogens is 1. The number of aryl methyl sites for hydroxylation is 2. The van der Waals surface area contributed by atoms with Crippen molar-refractivity contribution in [3.63, 3.8) is 0 Å². The van der Waals surface area contributed by atoms with E-state index in [1.807, 2.05) is 84.9 Å². The first-order chi connectivity index (χ1) is 24.5. The molecule has 1 aromatic heterocycles. The Morgan fingerprint density at radius 1 is 0.400 bits per heavy atom. The van der Waals surface area contributed by atoms with E-state index in [-0.39, 0.29) is 11.8 Å². The fraction of sp³-hybridized carbons (Fsp3) is 0.0435. The SMILES string of the molecule is Cc1cc(C)cc(-c2ccc3c(c2)c2ccccc2n3-c2cccc3c2C(=O)N(c2cccc(-c4ccccc4)c2-c2ccccc2)C3=O)c1. The van der Waals surface area contributed by atoms with E-state index in [9.17, 15) is 9.59 Å². The highest BCUT2D eigenvalue weighted by Crippen LogP contribution is 2.44. The lowest BCUT2D eigenvalue weighted by molar-refractivity contribution is 0.0926. The average molecular weight is 645 g/mol. The van der Waals surface area contributed by atoms with E-state index in [1.165, 1.54) is 21.6 Å². The van der Waals surface area contributed by atoms with Gasteiger partial charge in [-0.05, 0) is 78.1 Å². The molecule has 4 heteroatoms. The fourth-order valence-electron chi connectivity index (χ4n) is 7.72. The summed E-state index contributed by atoms with van der Waals surface area (Å²) in [6.07, 6.45) is 0. The van der Waals surface area contributed by atoms with Gasteiger partial charge in [-0.1, -0.05) is 132 Å². The van der Waals surface area contributed by atoms with Crippen LogP contribution in [0.1, 0.15) is 31.8 Å². The van der Waals surface area contributed by atoms with Crippen molar-refractivity contribution in [1.29, 1.82) is 0 Å². The van der Waals surface area contributed by atoms with Crippen molar-refractivity contribution >= 4 is 39.3 Å². The second kappa shape index (κ2) is 11.6. The molecule has 0 bridgehead atoms. The minimum atomic E-state index is -0.333. The van der Waals surface area contributed by atoms with Gasteiger partial charge in [-0.25, -0.2) is 4.90 Å². The van der Waals surface area contributed by atoms with Gasteiger partial charge in [-0.15, -0.1) is 0 Å². The minimum Gasteiger partial charge on any atom is -0.308 e. The Bertz CT molecular complexity index is 2630. The van der Waals surface area contributed by atoms with Crippen molar-refractivity contribution in [2.45, 2.75) is 13.8 Å². The quantitative estimate of drug-likeness (QED) is 0.175. The number of benzene rings is 7. The molecule has 0 N–H and O–H groups in total. The van der Waals surface area contributed by atoms with Crippen molar-refractivity contribution in [1.82, 2.24) is 4.57 Å². The van der Waals surface area contributed by atoms with E-state index in [4.69, 9.17) is 0 Å². The first-order valence-electron chi connectivity index (χ1n) is 16.9. The molecular formula is C46H32N2O2. The maximum absolute atomic E-state index is 14.8. The number of carbonyl (C=O) groups is 2. The van der Waals surface area contributed by atoms with Crippen LogP contribution in [0.4, 0.5) is 5.69 Å². The molecule has 0 unspecified atom stereocenters. The Morgan fingerprint density at radius 3 is 1.76 bits per heavy atom. The Labute approximate surface area is 290 Å². The second-order valence-corrected chi connectivity index (χ2v) is 13.0. The maximum Gasteiger partial charge on any atom is 0.268 e. The molecule has 238 valence electrons. The standard InChI is InChI=1S/C46H32N2O2/c1-29-25-30(2)27-34(26-29)33-23-24-40-38(28-33)36-17-9-10-20-39(36)47(40)42-22-12-19-37-44(42)46(50)48(45(37)49)41-21-11-18-35(31-13-5-3-6-14-31)43(41)32-15-7-4-8-16-32/h3-28H,1-2H3. The van der Waals surface area contributed by atoms with Crippen LogP contribution in [0.25, 0.3) is 60.9 Å². The summed E-state index contributed by atoms with van der Waals surface area (Å²) >= 11 is 0. The lowest BCUT2D eigenvalue weighted by atomic mass is 9.92. The number of para-hydroxylation sites is 1. The normalized spacial score (nSPS) is 12.6. The smallest absolute Gasteiger partial charge is 0.268 e. The van der Waals surface area contributed by atoms with E-state index in [1.54, 1.807) is 6.07 Å². The van der Waals surface area contributed by atoms with Crippen molar-refractivity contribution in [3.8, 4) is 39.1 Å². The number of rotatable bonds is 5. The summed E-state index contributed by atoms with van der Waals surface area (Å²) in [4.78, 5) is 30.6. The number of amides is 2. The highest BCUT2D eigenvalue weighted by molar-refractivity contribution is 6.36. The Kier molecular flexibility index (Phi) is 6.85. The number of nitrogens with zero attached hydrogens (tertiary/aromatic N) is 2. The van der Waals surface area contributed by atoms with Crippen LogP contribution >= 0.6 is 0 Å². The van der Waals surface area contributed by atoms with Crippen molar-refractivity contribution in [3.05, 3.63) is 180 Å². The number of imide groups is 1. The van der Waals surface area contributed by atoms with Crippen LogP contribution in [-0.4, -0.2) is 16.4 Å². The minimum absolute atomic E-state index is 0.327. The molecule has 0 aliphatic carbocycles. The zero-order chi connectivity index (χ0) is 33.9. The Hall–Kier alpha value is -6.52. The van der Waals surface area contributed by atoms with Crippen LogP contribution in [0, 0.1) is 13.8 Å². The molecule has 0 spiro atoms. The van der Waals surface area contributed by atoms with Crippen LogP contribution in [0.15, 0.2) is 158 Å². The van der Waals surface area contributed by atoms with Gasteiger partial charge in [0.15, 0.2) is 0 Å². The van der Waals surface area contributed by atoms with Gasteiger partial charge in [0.1, 0.15) is 0 Å². The molecule has 2 amide bonds. The summed E-state index contributed by atoms with van der Waals surface area (Å²) in [5.41, 5.74) is 12.5. The highest BCUT2D eigenvalue weighted by atomic mass is 16.2. The summed E-state index contributed by atoms with van der Waals surface area (Å²) in [6.45, 7) is 4.25. The Balaban J connectivity index is 1.24. The summed E-state index contributed by atoms with van der Waals surface area (Å²) in [5.74, 6) is -0.659. The zero-order valence-electron chi connectivity index (χ0n) is 27.7. The maximum atomic E-state index is 14.8. The van der Waals surface area contributed by atoms with Gasteiger partial charge < -0.3 is 4.57 Å². The van der Waals surface area contributed by atoms with Gasteiger partial charge >= 0.3 is 0 Å². The third-order valence-corrected chi connectivity index (χ3v) is 9.79. The number of hydrogen-bond acceptors (Lipinski definition) is 2.